The van der Waals surface area contributed by atoms with Crippen molar-refractivity contribution in [1.82, 2.24) is 9.38 Å². The Labute approximate surface area is 135 Å². The molecule has 0 spiro atoms. The van der Waals surface area contributed by atoms with Crippen molar-refractivity contribution in [2.45, 2.75) is 13.5 Å². The molecule has 0 aliphatic heterocycles. The fourth-order valence-corrected chi connectivity index (χ4v) is 2.28. The number of esters is 1. The first-order chi connectivity index (χ1) is 11.4. The number of fused-ring (bicyclic) bond motifs is 1. The predicted octanol–water partition coefficient (Wildman–Crippen LogP) is 2.64. The maximum Gasteiger partial charge on any atom is 0.338 e. The summed E-state index contributed by atoms with van der Waals surface area (Å²) in [7, 11) is 0. The number of halogens is 2. The molecule has 0 saturated heterocycles. The van der Waals surface area contributed by atoms with Gasteiger partial charge in [0.2, 0.25) is 0 Å². The number of nitrogens with zero attached hydrogens (tertiary/aromatic N) is 2. The molecule has 0 aliphatic rings. The number of aromatic nitrogens is 2. The van der Waals surface area contributed by atoms with Gasteiger partial charge in [0.05, 0.1) is 11.3 Å². The number of benzene rings is 1. The highest BCUT2D eigenvalue weighted by atomic mass is 19.1. The summed E-state index contributed by atoms with van der Waals surface area (Å²) in [5.41, 5.74) is 0.926. The van der Waals surface area contributed by atoms with Gasteiger partial charge in [-0.2, -0.15) is 0 Å². The van der Waals surface area contributed by atoms with E-state index < -0.39 is 17.6 Å². The van der Waals surface area contributed by atoms with Crippen LogP contribution in [0.15, 0.2) is 47.4 Å². The normalized spacial score (nSPS) is 10.8. The van der Waals surface area contributed by atoms with E-state index in [0.29, 0.717) is 11.7 Å². The van der Waals surface area contributed by atoms with Crippen molar-refractivity contribution in [3.8, 4) is 0 Å². The minimum absolute atomic E-state index is 0.249. The number of aryl methyl sites for hydroxylation is 1. The van der Waals surface area contributed by atoms with Crippen molar-refractivity contribution in [2.24, 2.45) is 0 Å². The third-order valence-corrected chi connectivity index (χ3v) is 3.39. The molecule has 0 unspecified atom stereocenters. The zero-order valence-corrected chi connectivity index (χ0v) is 12.6. The molecule has 0 fully saturated rings. The summed E-state index contributed by atoms with van der Waals surface area (Å²) in [6, 6.07) is 7.17. The summed E-state index contributed by atoms with van der Waals surface area (Å²) < 4.78 is 32.6. The van der Waals surface area contributed by atoms with Crippen molar-refractivity contribution in [3.63, 3.8) is 0 Å². The van der Waals surface area contributed by atoms with Gasteiger partial charge in [-0.15, -0.1) is 0 Å². The van der Waals surface area contributed by atoms with E-state index in [9.17, 15) is 18.4 Å². The van der Waals surface area contributed by atoms with Crippen molar-refractivity contribution in [3.05, 3.63) is 81.4 Å². The Hall–Kier alpha value is -3.09. The van der Waals surface area contributed by atoms with Crippen LogP contribution in [0.4, 0.5) is 8.78 Å². The van der Waals surface area contributed by atoms with Crippen LogP contribution < -0.4 is 5.56 Å². The van der Waals surface area contributed by atoms with E-state index in [1.165, 1.54) is 10.5 Å². The van der Waals surface area contributed by atoms with Crippen molar-refractivity contribution < 1.29 is 18.3 Å². The number of carbonyl (C=O) groups is 1. The lowest BCUT2D eigenvalue weighted by molar-refractivity contribution is 0.0466. The van der Waals surface area contributed by atoms with Gasteiger partial charge in [-0.25, -0.2) is 18.6 Å². The second kappa shape index (κ2) is 6.19. The molecular formula is C17H12F2N2O3. The first kappa shape index (κ1) is 15.8. The van der Waals surface area contributed by atoms with Gasteiger partial charge < -0.3 is 4.74 Å². The number of pyridine rings is 1. The standard InChI is InChI=1S/C17H12F2N2O3/c1-10-3-2-4-21-15(22)8-14(20-16(10)21)9-24-17(23)11-5-12(18)7-13(19)6-11/h2-8H,9H2,1H3. The molecule has 0 bridgehead atoms. The highest BCUT2D eigenvalue weighted by molar-refractivity contribution is 5.89. The summed E-state index contributed by atoms with van der Waals surface area (Å²) >= 11 is 0. The van der Waals surface area contributed by atoms with Gasteiger partial charge in [-0.3, -0.25) is 9.20 Å². The van der Waals surface area contributed by atoms with Crippen LogP contribution in [-0.2, 0) is 11.3 Å². The molecule has 0 radical (unpaired) electrons. The number of hydrogen-bond donors (Lipinski definition) is 0. The van der Waals surface area contributed by atoms with Crippen molar-refractivity contribution >= 4 is 11.6 Å². The van der Waals surface area contributed by atoms with Crippen LogP contribution in [-0.4, -0.2) is 15.4 Å². The van der Waals surface area contributed by atoms with Crippen LogP contribution >= 0.6 is 0 Å². The summed E-state index contributed by atoms with van der Waals surface area (Å²) in [4.78, 5) is 28.2. The second-order valence-corrected chi connectivity index (χ2v) is 5.20. The van der Waals surface area contributed by atoms with Crippen LogP contribution in [0, 0.1) is 18.6 Å². The fraction of sp³-hybridized carbons (Fsp3) is 0.118. The fourth-order valence-electron chi connectivity index (χ4n) is 2.28. The van der Waals surface area contributed by atoms with E-state index in [2.05, 4.69) is 4.98 Å². The lowest BCUT2D eigenvalue weighted by Crippen LogP contribution is -2.17. The Bertz CT molecular complexity index is 979. The van der Waals surface area contributed by atoms with Crippen LogP contribution in [0.2, 0.25) is 0 Å². The molecule has 0 atom stereocenters. The Kier molecular flexibility index (Phi) is 4.07. The van der Waals surface area contributed by atoms with Crippen molar-refractivity contribution in [2.75, 3.05) is 0 Å². The van der Waals surface area contributed by atoms with Crippen LogP contribution in [0.5, 0.6) is 0 Å². The Morgan fingerprint density at radius 2 is 1.92 bits per heavy atom. The summed E-state index contributed by atoms with van der Waals surface area (Å²) in [6.07, 6.45) is 1.59. The lowest BCUT2D eigenvalue weighted by atomic mass is 10.2. The van der Waals surface area contributed by atoms with Gasteiger partial charge in [0, 0.05) is 18.3 Å². The zero-order chi connectivity index (χ0) is 17.3. The average molecular weight is 330 g/mol. The van der Waals surface area contributed by atoms with E-state index in [-0.39, 0.29) is 23.4 Å². The van der Waals surface area contributed by atoms with Gasteiger partial charge in [-0.05, 0) is 30.7 Å². The first-order valence-corrected chi connectivity index (χ1v) is 7.05. The topological polar surface area (TPSA) is 60.7 Å². The molecular weight excluding hydrogens is 318 g/mol. The highest BCUT2D eigenvalue weighted by Gasteiger charge is 2.12. The second-order valence-electron chi connectivity index (χ2n) is 5.20. The van der Waals surface area contributed by atoms with Gasteiger partial charge in [0.1, 0.15) is 23.9 Å². The predicted molar refractivity (Wildman–Crippen MR) is 81.7 cm³/mol. The van der Waals surface area contributed by atoms with E-state index in [1.807, 2.05) is 0 Å². The third-order valence-electron chi connectivity index (χ3n) is 3.39. The molecule has 1 aromatic carbocycles. The Balaban J connectivity index is 1.84. The molecule has 7 heteroatoms. The summed E-state index contributed by atoms with van der Waals surface area (Å²) in [6.45, 7) is 1.52. The lowest BCUT2D eigenvalue weighted by Gasteiger charge is -2.07. The Morgan fingerprint density at radius 1 is 1.21 bits per heavy atom. The maximum absolute atomic E-state index is 13.1. The summed E-state index contributed by atoms with van der Waals surface area (Å²) in [5.74, 6) is -2.65. The van der Waals surface area contributed by atoms with Crippen LogP contribution in [0.25, 0.3) is 5.65 Å². The minimum Gasteiger partial charge on any atom is -0.456 e. The average Bonchev–Trinajstić information content (AvgIpc) is 2.52. The van der Waals surface area contributed by atoms with E-state index >= 15 is 0 Å². The molecule has 2 aromatic heterocycles. The molecule has 0 amide bonds. The SMILES string of the molecule is Cc1cccn2c(=O)cc(COC(=O)c3cc(F)cc(F)c3)nc12. The monoisotopic (exact) mass is 330 g/mol. The number of hydrogen-bond acceptors (Lipinski definition) is 4. The first-order valence-electron chi connectivity index (χ1n) is 7.05. The maximum atomic E-state index is 13.1. The van der Waals surface area contributed by atoms with Crippen LogP contribution in [0.3, 0.4) is 0 Å². The summed E-state index contributed by atoms with van der Waals surface area (Å²) in [5, 5.41) is 0. The molecule has 0 aliphatic carbocycles. The quantitative estimate of drug-likeness (QED) is 0.693. The molecule has 5 nitrogen and oxygen atoms in total. The third kappa shape index (κ3) is 3.15. The van der Waals surface area contributed by atoms with Gasteiger partial charge >= 0.3 is 5.97 Å². The number of ether oxygens (including phenoxy) is 1. The molecule has 24 heavy (non-hydrogen) atoms. The van der Waals surface area contributed by atoms with Crippen molar-refractivity contribution in [1.29, 1.82) is 0 Å². The van der Waals surface area contributed by atoms with E-state index in [4.69, 9.17) is 4.74 Å². The molecule has 3 aromatic rings. The molecule has 3 rings (SSSR count). The smallest absolute Gasteiger partial charge is 0.338 e. The number of rotatable bonds is 3. The Morgan fingerprint density at radius 3 is 2.62 bits per heavy atom. The molecule has 122 valence electrons. The largest absolute Gasteiger partial charge is 0.456 e. The van der Waals surface area contributed by atoms with Gasteiger partial charge in [0.25, 0.3) is 5.56 Å². The minimum atomic E-state index is -0.903. The zero-order valence-electron chi connectivity index (χ0n) is 12.6. The molecule has 0 N–H and O–H groups in total. The number of carbonyl (C=O) groups excluding carboxylic acids is 1. The van der Waals surface area contributed by atoms with E-state index in [0.717, 1.165) is 17.7 Å². The molecule has 2 heterocycles. The molecule has 0 saturated carbocycles. The van der Waals surface area contributed by atoms with Gasteiger partial charge in [-0.1, -0.05) is 6.07 Å². The van der Waals surface area contributed by atoms with E-state index in [1.54, 1.807) is 25.3 Å². The van der Waals surface area contributed by atoms with Crippen LogP contribution in [0.1, 0.15) is 21.6 Å². The highest BCUT2D eigenvalue weighted by Crippen LogP contribution is 2.11. The van der Waals surface area contributed by atoms with Gasteiger partial charge in [0.15, 0.2) is 0 Å².